The molecule has 17 heteroatoms. The zero-order valence-corrected chi connectivity index (χ0v) is 48.9. The molecule has 3 saturated carbocycles. The van der Waals surface area contributed by atoms with Gasteiger partial charge in [0.25, 0.3) is 0 Å². The molecule has 5 rings (SSSR count). The van der Waals surface area contributed by atoms with E-state index < -0.39 is 29.3 Å². The van der Waals surface area contributed by atoms with Crippen molar-refractivity contribution in [2.24, 2.45) is 28.6 Å². The van der Waals surface area contributed by atoms with Crippen molar-refractivity contribution in [3.8, 4) is 0 Å². The van der Waals surface area contributed by atoms with Gasteiger partial charge in [0.15, 0.2) is 6.29 Å². The molecular formula is C54H108O17. The van der Waals surface area contributed by atoms with Crippen LogP contribution in [0.3, 0.4) is 0 Å². The predicted octanol–water partition coefficient (Wildman–Crippen LogP) is 7.41. The molecule has 71 heavy (non-hydrogen) atoms. The smallest absolute Gasteiger partial charge is 0.333 e. The molecule has 0 aromatic rings. The number of aliphatic hydroxyl groups is 4. The largest absolute Gasteiger partial charge is 0.458 e. The molecule has 0 bridgehead atoms. The summed E-state index contributed by atoms with van der Waals surface area (Å²) in [6.45, 7) is 23.0. The number of carbonyl (C=O) groups excluding carboxylic acids is 2. The van der Waals surface area contributed by atoms with Crippen molar-refractivity contribution in [1.29, 1.82) is 0 Å². The van der Waals surface area contributed by atoms with E-state index >= 15 is 0 Å². The lowest BCUT2D eigenvalue weighted by molar-refractivity contribution is -0.270. The molecule has 1 heterocycles. The maximum Gasteiger partial charge on any atom is 0.333 e. The minimum atomic E-state index is -1.08. The van der Waals surface area contributed by atoms with Gasteiger partial charge in [0.05, 0.1) is 36.1 Å². The van der Waals surface area contributed by atoms with Gasteiger partial charge in [-0.15, -0.1) is 0 Å². The highest BCUT2D eigenvalue weighted by Gasteiger charge is 2.71. The second-order valence-electron chi connectivity index (χ2n) is 18.5. The first-order valence-corrected chi connectivity index (χ1v) is 25.1. The number of hydrogen-bond donors (Lipinski definition) is 4. The summed E-state index contributed by atoms with van der Waals surface area (Å²) in [4.78, 5) is 26.0. The van der Waals surface area contributed by atoms with Crippen LogP contribution in [0.5, 0.6) is 0 Å². The average Bonchev–Trinajstić information content (AvgIpc) is 3.64. The molecule has 14 atom stereocenters. The number of fused-ring (bicyclic) bond motifs is 5. The number of ketones is 1. The van der Waals surface area contributed by atoms with Crippen molar-refractivity contribution in [1.82, 2.24) is 0 Å². The van der Waals surface area contributed by atoms with Crippen molar-refractivity contribution in [3.05, 3.63) is 23.3 Å². The van der Waals surface area contributed by atoms with E-state index in [4.69, 9.17) is 39.0 Å². The molecule has 17 nitrogen and oxygen atoms in total. The third-order valence-corrected chi connectivity index (χ3v) is 13.9. The Balaban J connectivity index is -0.000000637. The summed E-state index contributed by atoms with van der Waals surface area (Å²) in [6.07, 6.45) is 7.53. The molecular weight excluding hydrogens is 921 g/mol. The molecule has 5 aliphatic rings. The summed E-state index contributed by atoms with van der Waals surface area (Å²) in [5.74, 6) is -0.484. The Labute approximate surface area is 431 Å². The van der Waals surface area contributed by atoms with E-state index in [0.717, 1.165) is 52.6 Å². The van der Waals surface area contributed by atoms with E-state index in [2.05, 4.69) is 41.4 Å². The first-order valence-electron chi connectivity index (χ1n) is 25.1. The summed E-state index contributed by atoms with van der Waals surface area (Å²) in [6, 6.07) is 0. The Morgan fingerprint density at radius 2 is 1.24 bits per heavy atom. The van der Waals surface area contributed by atoms with Gasteiger partial charge in [-0.2, -0.15) is 0 Å². The van der Waals surface area contributed by atoms with Gasteiger partial charge in [0, 0.05) is 128 Å². The molecule has 0 spiro atoms. The van der Waals surface area contributed by atoms with Gasteiger partial charge in [-0.25, -0.2) is 4.79 Å². The van der Waals surface area contributed by atoms with Crippen molar-refractivity contribution in [2.45, 2.75) is 182 Å². The summed E-state index contributed by atoms with van der Waals surface area (Å²) in [7, 11) is 19.2. The van der Waals surface area contributed by atoms with Crippen LogP contribution in [0.1, 0.15) is 128 Å². The molecule has 0 aromatic carbocycles. The van der Waals surface area contributed by atoms with Gasteiger partial charge >= 0.3 is 5.97 Å². The molecule has 4 aliphatic carbocycles. The Bertz CT molecular complexity index is 1350. The summed E-state index contributed by atoms with van der Waals surface area (Å²) >= 11 is 0. The Morgan fingerprint density at radius 3 is 1.62 bits per heavy atom. The van der Waals surface area contributed by atoms with E-state index in [1.807, 2.05) is 41.5 Å². The second kappa shape index (κ2) is 42.3. The zero-order valence-electron chi connectivity index (χ0n) is 48.9. The van der Waals surface area contributed by atoms with E-state index in [1.54, 1.807) is 112 Å². The second-order valence-corrected chi connectivity index (χ2v) is 18.5. The SMILES string of the molecule is C/C=C(\C)C(=O)OC1CC2C(CC=C3CC(OC4CC(OC)C(OC)C(C)O4)CCC32C)C2(O)CCC(C(C)=O)C12C.CC(O)C(C)O.CCOC.CCOC.CCOC.CO.COC.COC.COC. The van der Waals surface area contributed by atoms with Crippen LogP contribution in [0.25, 0.3) is 0 Å². The average molecular weight is 1030 g/mol. The normalized spacial score (nSPS) is 31.7. The van der Waals surface area contributed by atoms with Crippen molar-refractivity contribution >= 4 is 11.8 Å². The standard InChI is InChI=1S/C34H52O8.C4H10O2.3C3H8O.3C2H6O.CH4O/c1-9-19(2)31(36)42-28-17-26-25(34(37)15-13-24(20(3)35)33(28,34)6)11-10-22-16-23(12-14-32(22,26)5)41-29-18-27(38-7)30(39-8)21(4)40-29;1-3(5)4(2)6;3*1-3-4-2;3*1-3-2;1-2/h9-10,21,23-30,37H,11-18H2,1-8H3;3-6H,1-2H3;3*3H2,1-2H3;3*1-2H3;2H,1H3/b19-9+;;;;;;;;. The van der Waals surface area contributed by atoms with E-state index in [-0.39, 0.29) is 65.6 Å². The third kappa shape index (κ3) is 24.1. The summed E-state index contributed by atoms with van der Waals surface area (Å²) in [5, 5.41) is 36.4. The fourth-order valence-electron chi connectivity index (χ4n) is 9.70. The van der Waals surface area contributed by atoms with Crippen LogP contribution in [-0.4, -0.2) is 192 Å². The van der Waals surface area contributed by atoms with Crippen LogP contribution in [0, 0.1) is 28.6 Å². The number of aliphatic hydroxyl groups excluding tert-OH is 3. The van der Waals surface area contributed by atoms with Crippen LogP contribution in [-0.2, 0) is 61.7 Å². The molecule has 1 saturated heterocycles. The highest BCUT2D eigenvalue weighted by molar-refractivity contribution is 5.88. The first kappa shape index (κ1) is 75.6. The highest BCUT2D eigenvalue weighted by atomic mass is 16.7. The van der Waals surface area contributed by atoms with E-state index in [9.17, 15) is 14.7 Å². The van der Waals surface area contributed by atoms with Crippen molar-refractivity contribution in [3.63, 3.8) is 0 Å². The van der Waals surface area contributed by atoms with Crippen LogP contribution in [0.15, 0.2) is 23.3 Å². The highest BCUT2D eigenvalue weighted by Crippen LogP contribution is 2.68. The van der Waals surface area contributed by atoms with Gasteiger partial charge in [0.2, 0.25) is 0 Å². The van der Waals surface area contributed by atoms with Gasteiger partial charge in [-0.1, -0.05) is 31.6 Å². The lowest BCUT2D eigenvalue weighted by Gasteiger charge is -2.63. The van der Waals surface area contributed by atoms with E-state index in [1.165, 1.54) is 5.57 Å². The minimum absolute atomic E-state index is 0.00630. The molecule has 4 N–H and O–H groups in total. The number of ether oxygens (including phenoxy) is 11. The van der Waals surface area contributed by atoms with E-state index in [0.29, 0.717) is 31.3 Å². The van der Waals surface area contributed by atoms with Crippen LogP contribution in [0.2, 0.25) is 0 Å². The zero-order chi connectivity index (χ0) is 56.1. The Kier molecular flexibility index (Phi) is 45.0. The maximum atomic E-state index is 13.1. The number of carbonyl (C=O) groups is 2. The number of esters is 1. The number of allylic oxidation sites excluding steroid dienone is 2. The molecule has 426 valence electrons. The Morgan fingerprint density at radius 1 is 0.775 bits per heavy atom. The fraction of sp³-hybridized carbons (Fsp3) is 0.889. The molecule has 0 radical (unpaired) electrons. The molecule has 4 fully saturated rings. The minimum Gasteiger partial charge on any atom is -0.458 e. The van der Waals surface area contributed by atoms with Crippen molar-refractivity contribution < 1.29 is 82.1 Å². The topological polar surface area (TPSA) is 217 Å². The van der Waals surface area contributed by atoms with Crippen molar-refractivity contribution in [2.75, 3.05) is 105 Å². The summed E-state index contributed by atoms with van der Waals surface area (Å²) < 4.78 is 56.7. The van der Waals surface area contributed by atoms with Crippen LogP contribution >= 0.6 is 0 Å². The first-order chi connectivity index (χ1) is 33.5. The number of hydrogen-bond acceptors (Lipinski definition) is 17. The number of rotatable bonds is 11. The van der Waals surface area contributed by atoms with Crippen LogP contribution in [0.4, 0.5) is 0 Å². The monoisotopic (exact) mass is 1030 g/mol. The molecule has 0 aromatic heterocycles. The predicted molar refractivity (Wildman–Crippen MR) is 280 cm³/mol. The van der Waals surface area contributed by atoms with Gasteiger partial charge in [-0.3, -0.25) is 4.79 Å². The lowest BCUT2D eigenvalue weighted by atomic mass is 9.45. The molecule has 1 aliphatic heterocycles. The van der Waals surface area contributed by atoms with Gasteiger partial charge in [0.1, 0.15) is 18.0 Å². The molecule has 14 unspecified atom stereocenters. The molecule has 0 amide bonds. The third-order valence-electron chi connectivity index (χ3n) is 13.9. The van der Waals surface area contributed by atoms with Gasteiger partial charge < -0.3 is 72.5 Å². The Hall–Kier alpha value is -1.94. The van der Waals surface area contributed by atoms with Crippen LogP contribution < -0.4 is 0 Å². The van der Waals surface area contributed by atoms with Gasteiger partial charge in [-0.05, 0) is 125 Å². The quantitative estimate of drug-likeness (QED) is 0.0900. The number of methoxy groups -OCH3 is 8. The fourth-order valence-corrected chi connectivity index (χ4v) is 9.70. The summed E-state index contributed by atoms with van der Waals surface area (Å²) in [5.41, 5.74) is -0.144. The number of Topliss-reactive ketones (excluding diaryl/α,β-unsaturated/α-hetero) is 1. The lowest BCUT2D eigenvalue weighted by Crippen LogP contribution is -2.66. The maximum absolute atomic E-state index is 13.1.